The smallest absolute Gasteiger partial charge is 0.235 e. The van der Waals surface area contributed by atoms with E-state index in [4.69, 9.17) is 0 Å². The zero-order valence-corrected chi connectivity index (χ0v) is 15.2. The van der Waals surface area contributed by atoms with Crippen LogP contribution in [0.4, 0.5) is 0 Å². The highest BCUT2D eigenvalue weighted by molar-refractivity contribution is 5.88. The van der Waals surface area contributed by atoms with Crippen molar-refractivity contribution in [2.75, 3.05) is 19.6 Å². The van der Waals surface area contributed by atoms with E-state index in [0.717, 1.165) is 50.0 Å². The molecule has 0 aromatic heterocycles. The predicted octanol–water partition coefficient (Wildman–Crippen LogP) is 3.59. The van der Waals surface area contributed by atoms with E-state index in [0.29, 0.717) is 0 Å². The molecule has 2 heterocycles. The molecule has 0 atom stereocenters. The molecular weight excluding hydrogens is 332 g/mol. The molecule has 1 N–H and O–H groups in total. The standard InChI is InChI=1S/C21H24N2O.ClH/c24-20(23-16-13-21(23)11-14-22-15-12-21)19(17-7-3-1-4-8-17)18-9-5-2-6-10-18;/h1-10,19,22H,11-16H2;1H. The third kappa shape index (κ3) is 3.31. The summed E-state index contributed by atoms with van der Waals surface area (Å²) < 4.78 is 0. The molecule has 25 heavy (non-hydrogen) atoms. The Morgan fingerprint density at radius 3 is 1.84 bits per heavy atom. The van der Waals surface area contributed by atoms with E-state index < -0.39 is 0 Å². The van der Waals surface area contributed by atoms with Crippen molar-refractivity contribution >= 4 is 18.3 Å². The Bertz CT molecular complexity index is 659. The molecule has 132 valence electrons. The molecule has 2 aliphatic rings. The van der Waals surface area contributed by atoms with Crippen LogP contribution in [0.2, 0.25) is 0 Å². The number of carbonyl (C=O) groups excluding carboxylic acids is 1. The maximum Gasteiger partial charge on any atom is 0.235 e. The highest BCUT2D eigenvalue weighted by Gasteiger charge is 2.49. The van der Waals surface area contributed by atoms with Crippen LogP contribution in [-0.4, -0.2) is 36.0 Å². The minimum absolute atomic E-state index is 0. The largest absolute Gasteiger partial charge is 0.336 e. The predicted molar refractivity (Wildman–Crippen MR) is 103 cm³/mol. The van der Waals surface area contributed by atoms with E-state index in [1.165, 1.54) is 0 Å². The maximum absolute atomic E-state index is 13.5. The summed E-state index contributed by atoms with van der Waals surface area (Å²) in [6.45, 7) is 2.94. The molecule has 0 saturated carbocycles. The first-order valence-electron chi connectivity index (χ1n) is 8.92. The van der Waals surface area contributed by atoms with Crippen LogP contribution in [0.25, 0.3) is 0 Å². The lowest BCUT2D eigenvalue weighted by molar-refractivity contribution is -0.150. The molecule has 0 radical (unpaired) electrons. The summed E-state index contributed by atoms with van der Waals surface area (Å²) in [4.78, 5) is 15.7. The van der Waals surface area contributed by atoms with E-state index in [9.17, 15) is 4.79 Å². The van der Waals surface area contributed by atoms with Crippen molar-refractivity contribution in [3.63, 3.8) is 0 Å². The van der Waals surface area contributed by atoms with Crippen molar-refractivity contribution < 1.29 is 4.79 Å². The van der Waals surface area contributed by atoms with Crippen molar-refractivity contribution in [2.45, 2.75) is 30.7 Å². The van der Waals surface area contributed by atoms with Crippen molar-refractivity contribution in [3.05, 3.63) is 71.8 Å². The zero-order valence-electron chi connectivity index (χ0n) is 14.4. The minimum Gasteiger partial charge on any atom is -0.336 e. The molecule has 2 aromatic carbocycles. The fourth-order valence-corrected chi connectivity index (χ4v) is 4.22. The Hall–Kier alpha value is -1.84. The molecule has 4 rings (SSSR count). The number of nitrogens with one attached hydrogen (secondary N) is 1. The van der Waals surface area contributed by atoms with Gasteiger partial charge in [-0.2, -0.15) is 0 Å². The summed E-state index contributed by atoms with van der Waals surface area (Å²) in [5.41, 5.74) is 2.28. The maximum atomic E-state index is 13.5. The van der Waals surface area contributed by atoms with Crippen LogP contribution in [-0.2, 0) is 4.79 Å². The number of amides is 1. The van der Waals surface area contributed by atoms with Gasteiger partial charge in [0.2, 0.25) is 5.91 Å². The summed E-state index contributed by atoms with van der Waals surface area (Å²) in [5.74, 6) is 0.0695. The molecule has 4 heteroatoms. The second kappa shape index (κ2) is 7.59. The SMILES string of the molecule is Cl.O=C(C(c1ccccc1)c1ccccc1)N1CCC12CCNCC2. The fourth-order valence-electron chi connectivity index (χ4n) is 4.22. The Balaban J connectivity index is 0.00000182. The van der Waals surface area contributed by atoms with Crippen LogP contribution in [0.15, 0.2) is 60.7 Å². The Morgan fingerprint density at radius 2 is 1.40 bits per heavy atom. The van der Waals surface area contributed by atoms with Gasteiger partial charge in [-0.15, -0.1) is 12.4 Å². The number of hydrogen-bond acceptors (Lipinski definition) is 2. The van der Waals surface area contributed by atoms with Gasteiger partial charge in [-0.05, 0) is 43.5 Å². The molecule has 2 saturated heterocycles. The fraction of sp³-hybridized carbons (Fsp3) is 0.381. The Morgan fingerprint density at radius 1 is 0.880 bits per heavy atom. The van der Waals surface area contributed by atoms with Gasteiger partial charge < -0.3 is 10.2 Å². The van der Waals surface area contributed by atoms with Gasteiger partial charge in [0, 0.05) is 12.1 Å². The molecular formula is C21H25ClN2O. The van der Waals surface area contributed by atoms with Crippen LogP contribution in [0.1, 0.15) is 36.3 Å². The number of nitrogens with zero attached hydrogens (tertiary/aromatic N) is 1. The lowest BCUT2D eigenvalue weighted by Crippen LogP contribution is -2.66. The van der Waals surface area contributed by atoms with Gasteiger partial charge in [-0.3, -0.25) is 4.79 Å². The van der Waals surface area contributed by atoms with Crippen molar-refractivity contribution in [2.24, 2.45) is 0 Å². The molecule has 3 nitrogen and oxygen atoms in total. The third-order valence-corrected chi connectivity index (χ3v) is 5.69. The number of likely N-dealkylation sites (tertiary alicyclic amines) is 1. The number of carbonyl (C=O) groups is 1. The van der Waals surface area contributed by atoms with Gasteiger partial charge in [0.05, 0.1) is 5.92 Å². The summed E-state index contributed by atoms with van der Waals surface area (Å²) in [7, 11) is 0. The molecule has 0 bridgehead atoms. The average Bonchev–Trinajstić information content (AvgIpc) is 2.63. The molecule has 2 aliphatic heterocycles. The molecule has 1 amide bonds. The van der Waals surface area contributed by atoms with Crippen LogP contribution < -0.4 is 5.32 Å². The molecule has 0 aliphatic carbocycles. The Labute approximate surface area is 155 Å². The molecule has 2 aromatic rings. The van der Waals surface area contributed by atoms with Gasteiger partial charge in [-0.1, -0.05) is 60.7 Å². The topological polar surface area (TPSA) is 32.3 Å². The van der Waals surface area contributed by atoms with E-state index in [1.54, 1.807) is 0 Å². The van der Waals surface area contributed by atoms with Crippen molar-refractivity contribution in [1.82, 2.24) is 10.2 Å². The summed E-state index contributed by atoms with van der Waals surface area (Å²) in [5, 5.41) is 3.42. The lowest BCUT2D eigenvalue weighted by atomic mass is 9.75. The number of halogens is 1. The number of rotatable bonds is 3. The lowest BCUT2D eigenvalue weighted by Gasteiger charge is -2.56. The quantitative estimate of drug-likeness (QED) is 0.911. The molecule has 2 fully saturated rings. The monoisotopic (exact) mass is 356 g/mol. The number of hydrogen-bond donors (Lipinski definition) is 1. The van der Waals surface area contributed by atoms with E-state index in [2.05, 4.69) is 34.5 Å². The minimum atomic E-state index is -0.195. The van der Waals surface area contributed by atoms with E-state index in [-0.39, 0.29) is 29.8 Å². The van der Waals surface area contributed by atoms with Gasteiger partial charge in [0.25, 0.3) is 0 Å². The van der Waals surface area contributed by atoms with Gasteiger partial charge in [-0.25, -0.2) is 0 Å². The second-order valence-electron chi connectivity index (χ2n) is 6.97. The van der Waals surface area contributed by atoms with Gasteiger partial charge in [0.1, 0.15) is 0 Å². The normalized spacial score (nSPS) is 18.5. The number of piperidine rings is 1. The summed E-state index contributed by atoms with van der Waals surface area (Å²) >= 11 is 0. The first kappa shape index (κ1) is 18.0. The van der Waals surface area contributed by atoms with E-state index >= 15 is 0 Å². The first-order chi connectivity index (χ1) is 11.8. The highest BCUT2D eigenvalue weighted by atomic mass is 35.5. The van der Waals surface area contributed by atoms with Gasteiger partial charge >= 0.3 is 0 Å². The second-order valence-corrected chi connectivity index (χ2v) is 6.97. The Kier molecular flexibility index (Phi) is 5.45. The highest BCUT2D eigenvalue weighted by Crippen LogP contribution is 2.41. The van der Waals surface area contributed by atoms with Crippen LogP contribution in [0.5, 0.6) is 0 Å². The van der Waals surface area contributed by atoms with Crippen LogP contribution >= 0.6 is 12.4 Å². The van der Waals surface area contributed by atoms with E-state index in [1.807, 2.05) is 36.4 Å². The van der Waals surface area contributed by atoms with Crippen molar-refractivity contribution in [1.29, 1.82) is 0 Å². The molecule has 0 unspecified atom stereocenters. The molecule has 1 spiro atoms. The van der Waals surface area contributed by atoms with Gasteiger partial charge in [0.15, 0.2) is 0 Å². The summed E-state index contributed by atoms with van der Waals surface area (Å²) in [6, 6.07) is 20.4. The average molecular weight is 357 g/mol. The van der Waals surface area contributed by atoms with Crippen LogP contribution in [0, 0.1) is 0 Å². The summed E-state index contributed by atoms with van der Waals surface area (Å²) in [6.07, 6.45) is 3.31. The zero-order chi connectivity index (χ0) is 16.4. The van der Waals surface area contributed by atoms with Crippen LogP contribution in [0.3, 0.4) is 0 Å². The number of benzene rings is 2. The first-order valence-corrected chi connectivity index (χ1v) is 8.92. The van der Waals surface area contributed by atoms with Crippen molar-refractivity contribution in [3.8, 4) is 0 Å². The third-order valence-electron chi connectivity index (χ3n) is 5.69.